The van der Waals surface area contributed by atoms with Crippen molar-refractivity contribution in [2.75, 3.05) is 26.7 Å². The Bertz CT molecular complexity index is 1030. The first-order valence-electron chi connectivity index (χ1n) is 10.4. The third-order valence-electron chi connectivity index (χ3n) is 5.70. The van der Waals surface area contributed by atoms with Crippen LogP contribution in [0.15, 0.2) is 53.4 Å². The quantitative estimate of drug-likeness (QED) is 0.752. The second kappa shape index (κ2) is 9.15. The molecule has 0 radical (unpaired) electrons. The molecule has 8 nitrogen and oxygen atoms in total. The molecule has 31 heavy (non-hydrogen) atoms. The number of carbonyl (C=O) groups is 1. The minimum Gasteiger partial charge on any atom is -0.497 e. The van der Waals surface area contributed by atoms with Crippen LogP contribution in [-0.2, 0) is 16.4 Å². The summed E-state index contributed by atoms with van der Waals surface area (Å²) in [4.78, 5) is 14.5. The number of carbonyl (C=O) groups excluding carboxylic acids is 1. The van der Waals surface area contributed by atoms with E-state index in [1.807, 2.05) is 24.3 Å². The second-order valence-electron chi connectivity index (χ2n) is 7.73. The molecule has 2 heterocycles. The Morgan fingerprint density at radius 3 is 2.68 bits per heavy atom. The van der Waals surface area contributed by atoms with Crippen LogP contribution in [0.3, 0.4) is 0 Å². The number of urea groups is 1. The van der Waals surface area contributed by atoms with Gasteiger partial charge in [-0.1, -0.05) is 24.3 Å². The number of para-hydroxylation sites is 1. The number of hydrogen-bond acceptors (Lipinski definition) is 5. The highest BCUT2D eigenvalue weighted by atomic mass is 32.2. The van der Waals surface area contributed by atoms with Crippen LogP contribution in [0.1, 0.15) is 18.4 Å². The van der Waals surface area contributed by atoms with Crippen LogP contribution in [0, 0.1) is 0 Å². The lowest BCUT2D eigenvalue weighted by molar-refractivity contribution is 0.157. The number of benzene rings is 2. The van der Waals surface area contributed by atoms with Gasteiger partial charge in [0.25, 0.3) is 0 Å². The van der Waals surface area contributed by atoms with E-state index in [2.05, 4.69) is 10.0 Å². The molecule has 0 aromatic heterocycles. The van der Waals surface area contributed by atoms with Crippen molar-refractivity contribution in [1.29, 1.82) is 0 Å². The normalized spacial score (nSPS) is 22.2. The fraction of sp³-hybridized carbons (Fsp3) is 0.409. The Morgan fingerprint density at radius 1 is 1.16 bits per heavy atom. The zero-order chi connectivity index (χ0) is 21.8. The highest BCUT2D eigenvalue weighted by molar-refractivity contribution is 7.89. The average Bonchev–Trinajstić information content (AvgIpc) is 3.02. The number of likely N-dealkylation sites (tertiary alicyclic amines) is 1. The molecule has 2 N–H and O–H groups in total. The van der Waals surface area contributed by atoms with Crippen LogP contribution in [0.2, 0.25) is 0 Å². The zero-order valence-electron chi connectivity index (χ0n) is 17.4. The molecule has 1 saturated heterocycles. The van der Waals surface area contributed by atoms with Crippen molar-refractivity contribution in [2.24, 2.45) is 0 Å². The molecule has 0 bridgehead atoms. The van der Waals surface area contributed by atoms with E-state index in [0.717, 1.165) is 11.3 Å². The van der Waals surface area contributed by atoms with Crippen molar-refractivity contribution < 1.29 is 22.7 Å². The van der Waals surface area contributed by atoms with Gasteiger partial charge in [0.2, 0.25) is 10.0 Å². The highest BCUT2D eigenvalue weighted by Crippen LogP contribution is 2.30. The van der Waals surface area contributed by atoms with E-state index >= 15 is 0 Å². The number of sulfonamides is 1. The maximum atomic E-state index is 12.7. The molecule has 166 valence electrons. The summed E-state index contributed by atoms with van der Waals surface area (Å²) in [7, 11) is -2.03. The molecule has 9 heteroatoms. The Hall–Kier alpha value is -2.78. The van der Waals surface area contributed by atoms with Crippen LogP contribution in [0.4, 0.5) is 4.79 Å². The number of methoxy groups -OCH3 is 1. The standard InChI is InChI=1S/C22H27N3O5S/c1-29-17-8-6-16(7-9-17)10-13-23-22(26)25-14-11-18-19(12-15-25)30-20-4-2-3-5-21(20)31(27,28)24-18/h2-9,18-19,24H,10-15H2,1H3,(H,23,26)/t18-,19-/m0/s1. The number of hydrogen-bond donors (Lipinski definition) is 2. The van der Waals surface area contributed by atoms with Crippen LogP contribution < -0.4 is 19.5 Å². The number of fused-ring (bicyclic) bond motifs is 2. The van der Waals surface area contributed by atoms with E-state index in [1.165, 1.54) is 0 Å². The molecule has 0 unspecified atom stereocenters. The Balaban J connectivity index is 1.34. The first-order chi connectivity index (χ1) is 15.0. The van der Waals surface area contributed by atoms with E-state index in [-0.39, 0.29) is 23.1 Å². The van der Waals surface area contributed by atoms with Crippen molar-refractivity contribution in [3.05, 3.63) is 54.1 Å². The van der Waals surface area contributed by atoms with Gasteiger partial charge >= 0.3 is 6.03 Å². The molecular formula is C22H27N3O5S. The Morgan fingerprint density at radius 2 is 1.90 bits per heavy atom. The summed E-state index contributed by atoms with van der Waals surface area (Å²) in [6.45, 7) is 1.47. The minimum absolute atomic E-state index is 0.145. The van der Waals surface area contributed by atoms with Crippen LogP contribution in [0.5, 0.6) is 11.5 Å². The van der Waals surface area contributed by atoms with Crippen molar-refractivity contribution in [1.82, 2.24) is 14.9 Å². The molecule has 0 spiro atoms. The van der Waals surface area contributed by atoms with E-state index in [1.54, 1.807) is 36.3 Å². The minimum atomic E-state index is -3.66. The maximum absolute atomic E-state index is 12.7. The summed E-state index contributed by atoms with van der Waals surface area (Å²) in [5.41, 5.74) is 1.11. The van der Waals surface area contributed by atoms with Crippen LogP contribution in [0.25, 0.3) is 0 Å². The summed E-state index contributed by atoms with van der Waals surface area (Å²) in [6, 6.07) is 13.9. The SMILES string of the molecule is COc1ccc(CCNC(=O)N2CC[C@@H]3NS(=O)(=O)c4ccccc4O[C@H]3CC2)cc1. The summed E-state index contributed by atoms with van der Waals surface area (Å²) in [5.74, 6) is 1.16. The molecule has 2 aromatic rings. The van der Waals surface area contributed by atoms with Gasteiger partial charge in [-0.3, -0.25) is 0 Å². The zero-order valence-corrected chi connectivity index (χ0v) is 18.2. The van der Waals surface area contributed by atoms with Gasteiger partial charge in [0, 0.05) is 26.1 Å². The van der Waals surface area contributed by atoms with Gasteiger partial charge < -0.3 is 19.7 Å². The van der Waals surface area contributed by atoms with Crippen LogP contribution in [-0.4, -0.2) is 58.2 Å². The fourth-order valence-corrected chi connectivity index (χ4v) is 5.40. The Labute approximate surface area is 182 Å². The lowest BCUT2D eigenvalue weighted by Crippen LogP contribution is -2.43. The van der Waals surface area contributed by atoms with Gasteiger partial charge in [-0.15, -0.1) is 0 Å². The third-order valence-corrected chi connectivity index (χ3v) is 7.23. The topological polar surface area (TPSA) is 97.0 Å². The lowest BCUT2D eigenvalue weighted by atomic mass is 10.1. The maximum Gasteiger partial charge on any atom is 0.317 e. The summed E-state index contributed by atoms with van der Waals surface area (Å²) in [6.07, 6.45) is 1.43. The molecular weight excluding hydrogens is 418 g/mol. The number of nitrogens with zero attached hydrogens (tertiary/aromatic N) is 1. The molecule has 2 aliphatic heterocycles. The number of amides is 2. The second-order valence-corrected chi connectivity index (χ2v) is 9.41. The molecule has 2 amide bonds. The van der Waals surface area contributed by atoms with Crippen molar-refractivity contribution in [3.8, 4) is 11.5 Å². The van der Waals surface area contributed by atoms with E-state index in [0.29, 0.717) is 44.6 Å². The number of rotatable bonds is 4. The fourth-order valence-electron chi connectivity index (χ4n) is 3.97. The molecule has 0 saturated carbocycles. The predicted octanol–water partition coefficient (Wildman–Crippen LogP) is 2.15. The van der Waals surface area contributed by atoms with Crippen LogP contribution >= 0.6 is 0 Å². The lowest BCUT2D eigenvalue weighted by Gasteiger charge is -2.22. The largest absolute Gasteiger partial charge is 0.497 e. The highest BCUT2D eigenvalue weighted by Gasteiger charge is 2.37. The molecule has 0 aliphatic carbocycles. The van der Waals surface area contributed by atoms with E-state index < -0.39 is 10.0 Å². The smallest absolute Gasteiger partial charge is 0.317 e. The predicted molar refractivity (Wildman–Crippen MR) is 116 cm³/mol. The van der Waals surface area contributed by atoms with Gasteiger partial charge in [0.15, 0.2) is 0 Å². The summed E-state index contributed by atoms with van der Waals surface area (Å²) >= 11 is 0. The van der Waals surface area contributed by atoms with Crippen molar-refractivity contribution in [3.63, 3.8) is 0 Å². The first-order valence-corrected chi connectivity index (χ1v) is 11.9. The summed E-state index contributed by atoms with van der Waals surface area (Å²) < 4.78 is 39.4. The molecule has 4 rings (SSSR count). The Kier molecular flexibility index (Phi) is 6.33. The van der Waals surface area contributed by atoms with Crippen molar-refractivity contribution in [2.45, 2.75) is 36.3 Å². The average molecular weight is 446 g/mol. The van der Waals surface area contributed by atoms with Gasteiger partial charge in [-0.25, -0.2) is 17.9 Å². The molecule has 2 aromatic carbocycles. The molecule has 2 aliphatic rings. The molecule has 2 atom stereocenters. The molecule has 1 fully saturated rings. The van der Waals surface area contributed by atoms with Gasteiger partial charge in [0.05, 0.1) is 13.2 Å². The number of nitrogens with one attached hydrogen (secondary N) is 2. The number of ether oxygens (including phenoxy) is 2. The first kappa shape index (κ1) is 21.5. The monoisotopic (exact) mass is 445 g/mol. The van der Waals surface area contributed by atoms with E-state index in [4.69, 9.17) is 9.47 Å². The third kappa shape index (κ3) is 4.94. The van der Waals surface area contributed by atoms with Gasteiger partial charge in [-0.2, -0.15) is 0 Å². The van der Waals surface area contributed by atoms with Gasteiger partial charge in [-0.05, 0) is 42.7 Å². The van der Waals surface area contributed by atoms with E-state index in [9.17, 15) is 13.2 Å². The summed E-state index contributed by atoms with van der Waals surface area (Å²) in [5, 5.41) is 2.96. The van der Waals surface area contributed by atoms with Gasteiger partial charge in [0.1, 0.15) is 22.5 Å². The van der Waals surface area contributed by atoms with Crippen molar-refractivity contribution >= 4 is 16.1 Å².